The summed E-state index contributed by atoms with van der Waals surface area (Å²) >= 11 is 0. The number of amides is 2. The van der Waals surface area contributed by atoms with Crippen LogP contribution < -0.4 is 21.1 Å². The fourth-order valence-electron chi connectivity index (χ4n) is 3.97. The van der Waals surface area contributed by atoms with Gasteiger partial charge in [-0.25, -0.2) is 4.79 Å². The summed E-state index contributed by atoms with van der Waals surface area (Å²) in [5.41, 5.74) is 8.72. The smallest absolute Gasteiger partial charge is 0.412 e. The zero-order valence-electron chi connectivity index (χ0n) is 22.6. The number of rotatable bonds is 13. The Balaban J connectivity index is 1.64. The Kier molecular flexibility index (Phi) is 11.3. The predicted octanol–water partition coefficient (Wildman–Crippen LogP) is 5.74. The van der Waals surface area contributed by atoms with Gasteiger partial charge >= 0.3 is 6.09 Å². The second kappa shape index (κ2) is 15.1. The topological polar surface area (TPSA) is 140 Å². The maximum absolute atomic E-state index is 12.8. The van der Waals surface area contributed by atoms with Gasteiger partial charge in [-0.05, 0) is 85.9 Å². The Bertz CT molecular complexity index is 1310. The van der Waals surface area contributed by atoms with Crippen molar-refractivity contribution in [3.05, 3.63) is 96.1 Å². The van der Waals surface area contributed by atoms with E-state index in [1.165, 1.54) is 13.0 Å². The van der Waals surface area contributed by atoms with Crippen LogP contribution >= 0.6 is 0 Å². The molecule has 0 aliphatic rings. The second-order valence-corrected chi connectivity index (χ2v) is 9.26. The largest absolute Gasteiger partial charge is 0.491 e. The minimum absolute atomic E-state index is 0.0647. The lowest BCUT2D eigenvalue weighted by Gasteiger charge is -2.25. The molecule has 210 valence electrons. The van der Waals surface area contributed by atoms with Gasteiger partial charge in [-0.1, -0.05) is 37.3 Å². The summed E-state index contributed by atoms with van der Waals surface area (Å²) in [5.74, 6) is 0.136. The van der Waals surface area contributed by atoms with E-state index in [2.05, 4.69) is 10.6 Å². The lowest BCUT2D eigenvalue weighted by atomic mass is 9.93. The first kappa shape index (κ1) is 29.9. The molecule has 0 fully saturated rings. The molecule has 2 amide bonds. The van der Waals surface area contributed by atoms with Crippen LogP contribution in [-0.2, 0) is 9.53 Å². The number of ketones is 1. The van der Waals surface area contributed by atoms with Crippen LogP contribution in [0.2, 0.25) is 0 Å². The van der Waals surface area contributed by atoms with E-state index in [1.54, 1.807) is 66.7 Å². The number of hydrogen-bond acceptors (Lipinski definition) is 7. The highest BCUT2D eigenvalue weighted by atomic mass is 16.6. The van der Waals surface area contributed by atoms with Gasteiger partial charge in [-0.2, -0.15) is 0 Å². The number of aliphatic hydroxyl groups is 1. The van der Waals surface area contributed by atoms with Crippen molar-refractivity contribution in [1.82, 2.24) is 0 Å². The molecule has 0 heterocycles. The average Bonchev–Trinajstić information content (AvgIpc) is 2.94. The second-order valence-electron chi connectivity index (χ2n) is 9.26. The van der Waals surface area contributed by atoms with Crippen LogP contribution in [0.5, 0.6) is 5.75 Å². The Hall–Kier alpha value is -4.63. The molecule has 2 atom stereocenters. The Morgan fingerprint density at radius 1 is 0.975 bits per heavy atom. The highest BCUT2D eigenvalue weighted by Crippen LogP contribution is 2.31. The maximum atomic E-state index is 12.8. The van der Waals surface area contributed by atoms with Crippen LogP contribution in [0.4, 0.5) is 21.9 Å². The zero-order valence-corrected chi connectivity index (χ0v) is 22.6. The van der Waals surface area contributed by atoms with E-state index in [4.69, 9.17) is 20.3 Å². The Labute approximate surface area is 234 Å². The Morgan fingerprint density at radius 3 is 2.33 bits per heavy atom. The van der Waals surface area contributed by atoms with E-state index in [9.17, 15) is 14.4 Å². The SMILES string of the molecule is CC(=O)c1ccc(NC(=O)O[C@H](c2ccc(OCCO)cc2)[C@H](C)CC/C=C/C(=O)Nc2ccccc2N)cc1. The first-order chi connectivity index (χ1) is 19.3. The first-order valence-electron chi connectivity index (χ1n) is 13.0. The van der Waals surface area contributed by atoms with E-state index in [0.717, 1.165) is 5.56 Å². The minimum atomic E-state index is -0.636. The highest BCUT2D eigenvalue weighted by Gasteiger charge is 2.24. The lowest BCUT2D eigenvalue weighted by Crippen LogP contribution is -2.22. The molecule has 3 rings (SSSR count). The maximum Gasteiger partial charge on any atom is 0.412 e. The molecule has 5 N–H and O–H groups in total. The number of hydrogen-bond donors (Lipinski definition) is 4. The predicted molar refractivity (Wildman–Crippen MR) is 155 cm³/mol. The fraction of sp³-hybridized carbons (Fsp3) is 0.258. The van der Waals surface area contributed by atoms with E-state index in [-0.39, 0.29) is 30.8 Å². The third-order valence-electron chi connectivity index (χ3n) is 6.13. The molecule has 0 saturated heterocycles. The normalized spacial score (nSPS) is 12.4. The number of allylic oxidation sites excluding steroid dienone is 1. The molecule has 0 aliphatic carbocycles. The van der Waals surface area contributed by atoms with Gasteiger partial charge in [-0.15, -0.1) is 0 Å². The molecule has 0 spiro atoms. The Morgan fingerprint density at radius 2 is 1.68 bits per heavy atom. The summed E-state index contributed by atoms with van der Waals surface area (Å²) in [7, 11) is 0. The van der Waals surface area contributed by atoms with Crippen molar-refractivity contribution in [2.75, 3.05) is 29.6 Å². The van der Waals surface area contributed by atoms with Gasteiger partial charge in [0.05, 0.1) is 18.0 Å². The first-order valence-corrected chi connectivity index (χ1v) is 13.0. The van der Waals surface area contributed by atoms with Crippen LogP contribution in [0, 0.1) is 5.92 Å². The standard InChI is InChI=1S/C31H35N3O6/c1-21(7-3-6-10-29(37)34-28-9-5-4-8-27(28)32)30(24-13-17-26(18-14-24)39-20-19-35)40-31(38)33-25-15-11-23(12-16-25)22(2)36/h4-6,8-18,21,30,35H,3,7,19-20,32H2,1-2H3,(H,33,38)(H,34,37)/b10-6+/t21-,30+/m1/s1. The number of ether oxygens (including phenoxy) is 2. The third-order valence-corrected chi connectivity index (χ3v) is 6.13. The van der Waals surface area contributed by atoms with Crippen LogP contribution in [0.3, 0.4) is 0 Å². The summed E-state index contributed by atoms with van der Waals surface area (Å²) in [4.78, 5) is 36.6. The van der Waals surface area contributed by atoms with Crippen molar-refractivity contribution < 1.29 is 29.0 Å². The molecule has 0 unspecified atom stereocenters. The van der Waals surface area contributed by atoms with E-state index < -0.39 is 12.2 Å². The number of Topliss-reactive ketones (excluding diaryl/α,β-unsaturated/α-hetero) is 1. The van der Waals surface area contributed by atoms with Crippen LogP contribution in [0.1, 0.15) is 48.7 Å². The number of aliphatic hydroxyl groups excluding tert-OH is 1. The summed E-state index contributed by atoms with van der Waals surface area (Å²) in [5, 5.41) is 14.4. The summed E-state index contributed by atoms with van der Waals surface area (Å²) < 4.78 is 11.3. The number of carbonyl (C=O) groups excluding carboxylic acids is 3. The monoisotopic (exact) mass is 545 g/mol. The highest BCUT2D eigenvalue weighted by molar-refractivity contribution is 6.01. The number of nitrogens with one attached hydrogen (secondary N) is 2. The molecule has 9 nitrogen and oxygen atoms in total. The minimum Gasteiger partial charge on any atom is -0.491 e. The van der Waals surface area contributed by atoms with Crippen molar-refractivity contribution >= 4 is 34.8 Å². The molecule has 3 aromatic carbocycles. The number of nitrogens with two attached hydrogens (primary N) is 1. The summed E-state index contributed by atoms with van der Waals surface area (Å²) in [6.45, 7) is 3.53. The van der Waals surface area contributed by atoms with Crippen molar-refractivity contribution in [2.24, 2.45) is 5.92 Å². The van der Waals surface area contributed by atoms with Gasteiger partial charge in [0.1, 0.15) is 18.5 Å². The molecule has 0 bridgehead atoms. The van der Waals surface area contributed by atoms with Crippen LogP contribution in [0.15, 0.2) is 84.9 Å². The van der Waals surface area contributed by atoms with Crippen LogP contribution in [0.25, 0.3) is 0 Å². The zero-order chi connectivity index (χ0) is 28.9. The average molecular weight is 546 g/mol. The van der Waals surface area contributed by atoms with Crippen LogP contribution in [-0.4, -0.2) is 36.1 Å². The van der Waals surface area contributed by atoms with Gasteiger partial charge < -0.3 is 25.6 Å². The van der Waals surface area contributed by atoms with Crippen molar-refractivity contribution in [1.29, 1.82) is 0 Å². The van der Waals surface area contributed by atoms with Crippen molar-refractivity contribution in [3.63, 3.8) is 0 Å². The van der Waals surface area contributed by atoms with Gasteiger partial charge in [0.15, 0.2) is 5.78 Å². The molecular weight excluding hydrogens is 510 g/mol. The quantitative estimate of drug-likeness (QED) is 0.122. The van der Waals surface area contributed by atoms with Gasteiger partial charge in [0.2, 0.25) is 5.91 Å². The molecule has 9 heteroatoms. The fourth-order valence-corrected chi connectivity index (χ4v) is 3.97. The van der Waals surface area contributed by atoms with E-state index in [0.29, 0.717) is 41.2 Å². The molecule has 0 saturated carbocycles. The summed E-state index contributed by atoms with van der Waals surface area (Å²) in [6, 6.07) is 20.7. The number of carbonyl (C=O) groups is 3. The molecule has 0 radical (unpaired) electrons. The van der Waals surface area contributed by atoms with E-state index >= 15 is 0 Å². The number of benzene rings is 3. The van der Waals surface area contributed by atoms with Crippen molar-refractivity contribution in [2.45, 2.75) is 32.8 Å². The molecule has 40 heavy (non-hydrogen) atoms. The van der Waals surface area contributed by atoms with Gasteiger partial charge in [0.25, 0.3) is 0 Å². The van der Waals surface area contributed by atoms with Gasteiger partial charge in [-0.3, -0.25) is 14.9 Å². The number of para-hydroxylation sites is 2. The molecule has 0 aromatic heterocycles. The van der Waals surface area contributed by atoms with Crippen molar-refractivity contribution in [3.8, 4) is 5.75 Å². The third kappa shape index (κ3) is 9.28. The molecular formula is C31H35N3O6. The summed E-state index contributed by atoms with van der Waals surface area (Å²) in [6.07, 6.45) is 3.21. The van der Waals surface area contributed by atoms with E-state index in [1.807, 2.05) is 19.1 Å². The van der Waals surface area contributed by atoms with Gasteiger partial charge in [0, 0.05) is 11.3 Å². The molecule has 0 aliphatic heterocycles. The number of nitrogen functional groups attached to an aromatic ring is 1. The molecule has 3 aromatic rings. The lowest BCUT2D eigenvalue weighted by molar-refractivity contribution is -0.111. The number of anilines is 3.